The van der Waals surface area contributed by atoms with Crippen LogP contribution in [0, 0.1) is 6.92 Å². The molecule has 2 aromatic rings. The van der Waals surface area contributed by atoms with Crippen LogP contribution in [0.4, 0.5) is 0 Å². The summed E-state index contributed by atoms with van der Waals surface area (Å²) in [6.45, 7) is 2.05. The fourth-order valence-electron chi connectivity index (χ4n) is 1.71. The minimum absolute atomic E-state index is 0.282. The maximum Gasteiger partial charge on any atom is 0.335 e. The Morgan fingerprint density at radius 1 is 1.26 bits per heavy atom. The van der Waals surface area contributed by atoms with E-state index >= 15 is 0 Å². The van der Waals surface area contributed by atoms with Gasteiger partial charge in [-0.3, -0.25) is 0 Å². The normalized spacial score (nSPS) is 10.2. The van der Waals surface area contributed by atoms with Crippen molar-refractivity contribution >= 4 is 17.6 Å². The lowest BCUT2D eigenvalue weighted by Gasteiger charge is -2.09. The third kappa shape index (κ3) is 3.26. The largest absolute Gasteiger partial charge is 0.487 e. The van der Waals surface area contributed by atoms with Crippen LogP contribution in [0.25, 0.3) is 0 Å². The molecule has 0 radical (unpaired) electrons. The monoisotopic (exact) mass is 276 g/mol. The number of aromatic carboxylic acids is 1. The lowest BCUT2D eigenvalue weighted by Crippen LogP contribution is -2.03. The molecule has 0 aliphatic rings. The minimum Gasteiger partial charge on any atom is -0.487 e. The molecule has 3 nitrogen and oxygen atoms in total. The number of aryl methyl sites for hydroxylation is 1. The van der Waals surface area contributed by atoms with Crippen molar-refractivity contribution in [3.8, 4) is 5.75 Å². The van der Waals surface area contributed by atoms with Crippen LogP contribution in [0.1, 0.15) is 21.5 Å². The minimum atomic E-state index is -0.933. The number of para-hydroxylation sites is 1. The Kier molecular flexibility index (Phi) is 4.07. The second-order valence-electron chi connectivity index (χ2n) is 4.17. The van der Waals surface area contributed by atoms with E-state index in [1.807, 2.05) is 18.2 Å². The summed E-state index contributed by atoms with van der Waals surface area (Å²) < 4.78 is 5.57. The van der Waals surface area contributed by atoms with Gasteiger partial charge >= 0.3 is 5.97 Å². The Labute approximate surface area is 116 Å². The number of carboxylic acid groups (broad SMARTS) is 1. The summed E-state index contributed by atoms with van der Waals surface area (Å²) in [5, 5.41) is 9.59. The van der Waals surface area contributed by atoms with E-state index in [9.17, 15) is 4.79 Å². The van der Waals surface area contributed by atoms with Gasteiger partial charge in [0.25, 0.3) is 0 Å². The molecule has 0 aliphatic heterocycles. The number of carboxylic acids is 1. The number of rotatable bonds is 4. The van der Waals surface area contributed by atoms with Gasteiger partial charge in [0.05, 0.1) is 10.6 Å². The van der Waals surface area contributed by atoms with E-state index in [0.29, 0.717) is 16.3 Å². The van der Waals surface area contributed by atoms with E-state index in [0.717, 1.165) is 11.1 Å². The van der Waals surface area contributed by atoms with Crippen molar-refractivity contribution in [1.82, 2.24) is 0 Å². The number of hydrogen-bond acceptors (Lipinski definition) is 2. The maximum atomic E-state index is 11.0. The summed E-state index contributed by atoms with van der Waals surface area (Å²) in [6.07, 6.45) is 0. The van der Waals surface area contributed by atoms with E-state index in [1.165, 1.54) is 0 Å². The highest BCUT2D eigenvalue weighted by molar-refractivity contribution is 6.32. The molecule has 0 saturated carbocycles. The van der Waals surface area contributed by atoms with Crippen molar-refractivity contribution in [2.24, 2.45) is 0 Å². The highest BCUT2D eigenvalue weighted by Crippen LogP contribution is 2.24. The van der Waals surface area contributed by atoms with Crippen molar-refractivity contribution < 1.29 is 14.6 Å². The van der Waals surface area contributed by atoms with Crippen molar-refractivity contribution in [2.75, 3.05) is 0 Å². The first kappa shape index (κ1) is 13.4. The van der Waals surface area contributed by atoms with E-state index < -0.39 is 5.97 Å². The predicted molar refractivity (Wildman–Crippen MR) is 73.9 cm³/mol. The lowest BCUT2D eigenvalue weighted by atomic mass is 10.1. The first-order valence-corrected chi connectivity index (χ1v) is 6.16. The second-order valence-corrected chi connectivity index (χ2v) is 4.58. The lowest BCUT2D eigenvalue weighted by molar-refractivity contribution is 0.0696. The summed E-state index contributed by atoms with van der Waals surface area (Å²) in [6, 6.07) is 12.4. The molecule has 0 bridgehead atoms. The van der Waals surface area contributed by atoms with Crippen LogP contribution in [-0.4, -0.2) is 11.1 Å². The number of hydrogen-bond donors (Lipinski definition) is 1. The van der Waals surface area contributed by atoms with E-state index in [4.69, 9.17) is 21.4 Å². The van der Waals surface area contributed by atoms with Crippen molar-refractivity contribution in [2.45, 2.75) is 13.5 Å². The molecule has 0 heterocycles. The van der Waals surface area contributed by atoms with Gasteiger partial charge in [-0.15, -0.1) is 0 Å². The van der Waals surface area contributed by atoms with Gasteiger partial charge in [0.1, 0.15) is 12.4 Å². The van der Waals surface area contributed by atoms with E-state index in [1.54, 1.807) is 31.2 Å². The molecule has 0 unspecified atom stereocenters. The molecular weight excluding hydrogens is 264 g/mol. The summed E-state index contributed by atoms with van der Waals surface area (Å²) in [7, 11) is 0. The van der Waals surface area contributed by atoms with Gasteiger partial charge < -0.3 is 9.84 Å². The molecule has 2 rings (SSSR count). The fraction of sp³-hybridized carbons (Fsp3) is 0.133. The molecule has 19 heavy (non-hydrogen) atoms. The topological polar surface area (TPSA) is 46.5 Å². The quantitative estimate of drug-likeness (QED) is 0.920. The maximum absolute atomic E-state index is 11.0. The molecule has 0 atom stereocenters. The Bertz CT molecular complexity index is 608. The average Bonchev–Trinajstić information content (AvgIpc) is 2.39. The van der Waals surface area contributed by atoms with Gasteiger partial charge in [0, 0.05) is 0 Å². The van der Waals surface area contributed by atoms with Crippen LogP contribution < -0.4 is 4.74 Å². The Morgan fingerprint density at radius 2 is 2.00 bits per heavy atom. The van der Waals surface area contributed by atoms with Gasteiger partial charge in [0.2, 0.25) is 0 Å². The van der Waals surface area contributed by atoms with Crippen LogP contribution >= 0.6 is 11.6 Å². The molecule has 0 spiro atoms. The van der Waals surface area contributed by atoms with Crippen LogP contribution in [0.15, 0.2) is 42.5 Å². The molecule has 0 aromatic heterocycles. The average molecular weight is 277 g/mol. The number of carbonyl (C=O) groups is 1. The molecule has 98 valence electrons. The zero-order valence-electron chi connectivity index (χ0n) is 10.4. The summed E-state index contributed by atoms with van der Waals surface area (Å²) in [5.74, 6) is -0.348. The highest BCUT2D eigenvalue weighted by Gasteiger charge is 2.08. The first-order valence-electron chi connectivity index (χ1n) is 5.78. The summed E-state index contributed by atoms with van der Waals surface area (Å²) in [5.41, 5.74) is 1.82. The fourth-order valence-corrected chi connectivity index (χ4v) is 1.90. The van der Waals surface area contributed by atoms with Gasteiger partial charge in [0.15, 0.2) is 0 Å². The molecule has 4 heteroatoms. The van der Waals surface area contributed by atoms with Crippen LogP contribution in [0.3, 0.4) is 0 Å². The molecule has 2 aromatic carbocycles. The predicted octanol–water partition coefficient (Wildman–Crippen LogP) is 3.93. The standard InChI is InChI=1S/C15H13ClO3/c1-10-6-7-11(8-12(10)15(17)18)9-19-14-5-3-2-4-13(14)16/h2-8H,9H2,1H3,(H,17,18). The third-order valence-corrected chi connectivity index (χ3v) is 3.08. The molecule has 0 fully saturated rings. The van der Waals surface area contributed by atoms with Crippen LogP contribution in [0.2, 0.25) is 5.02 Å². The molecule has 0 amide bonds. The number of ether oxygens (including phenoxy) is 1. The number of benzene rings is 2. The van der Waals surface area contributed by atoms with Gasteiger partial charge in [-0.2, -0.15) is 0 Å². The summed E-state index contributed by atoms with van der Waals surface area (Å²) in [4.78, 5) is 11.0. The highest BCUT2D eigenvalue weighted by atomic mass is 35.5. The van der Waals surface area contributed by atoms with Gasteiger partial charge in [-0.05, 0) is 36.2 Å². The Morgan fingerprint density at radius 3 is 2.68 bits per heavy atom. The van der Waals surface area contributed by atoms with E-state index in [2.05, 4.69) is 0 Å². The SMILES string of the molecule is Cc1ccc(COc2ccccc2Cl)cc1C(=O)O. The molecule has 0 saturated heterocycles. The Hall–Kier alpha value is -2.00. The van der Waals surface area contributed by atoms with Crippen molar-refractivity contribution in [1.29, 1.82) is 0 Å². The van der Waals surface area contributed by atoms with Crippen LogP contribution in [0.5, 0.6) is 5.75 Å². The molecular formula is C15H13ClO3. The first-order chi connectivity index (χ1) is 9.08. The summed E-state index contributed by atoms with van der Waals surface area (Å²) >= 11 is 5.98. The second kappa shape index (κ2) is 5.76. The number of halogens is 1. The third-order valence-electron chi connectivity index (χ3n) is 2.76. The van der Waals surface area contributed by atoms with Gasteiger partial charge in [-0.1, -0.05) is 35.9 Å². The van der Waals surface area contributed by atoms with Gasteiger partial charge in [-0.25, -0.2) is 4.79 Å². The van der Waals surface area contributed by atoms with Crippen LogP contribution in [-0.2, 0) is 6.61 Å². The van der Waals surface area contributed by atoms with Crippen molar-refractivity contribution in [3.05, 3.63) is 64.2 Å². The Balaban J connectivity index is 2.14. The smallest absolute Gasteiger partial charge is 0.335 e. The molecule has 1 N–H and O–H groups in total. The van der Waals surface area contributed by atoms with Crippen molar-refractivity contribution in [3.63, 3.8) is 0 Å². The van der Waals surface area contributed by atoms with E-state index in [-0.39, 0.29) is 6.61 Å². The zero-order valence-corrected chi connectivity index (χ0v) is 11.1. The molecule has 0 aliphatic carbocycles. The zero-order chi connectivity index (χ0) is 13.8.